The van der Waals surface area contributed by atoms with E-state index in [1.165, 1.54) is 35.7 Å². The Hall–Kier alpha value is -2.05. The summed E-state index contributed by atoms with van der Waals surface area (Å²) < 4.78 is 1.37. The normalized spacial score (nSPS) is 10.6. The first-order chi connectivity index (χ1) is 12.5. The molecule has 0 aliphatic rings. The van der Waals surface area contributed by atoms with Crippen molar-refractivity contribution < 1.29 is 9.59 Å². The van der Waals surface area contributed by atoms with Crippen molar-refractivity contribution in [3.8, 4) is 0 Å². The van der Waals surface area contributed by atoms with Crippen molar-refractivity contribution in [3.63, 3.8) is 0 Å². The van der Waals surface area contributed by atoms with Crippen LogP contribution in [0.3, 0.4) is 0 Å². The van der Waals surface area contributed by atoms with Gasteiger partial charge in [0.2, 0.25) is 0 Å². The molecule has 1 aromatic carbocycles. The number of nitrogens with one attached hydrogen (secondary N) is 2. The highest BCUT2D eigenvalue weighted by Gasteiger charge is 2.11. The predicted molar refractivity (Wildman–Crippen MR) is 102 cm³/mol. The average molecular weight is 397 g/mol. The number of nitrogens with zero attached hydrogens (tertiary/aromatic N) is 2. The molecule has 2 rings (SSSR count). The minimum absolute atomic E-state index is 0.102. The zero-order chi connectivity index (χ0) is 18.9. The van der Waals surface area contributed by atoms with Crippen LogP contribution in [-0.2, 0) is 17.8 Å². The molecule has 0 fully saturated rings. The molecular formula is C18H22Cl2N4O2. The van der Waals surface area contributed by atoms with Gasteiger partial charge in [0.15, 0.2) is 5.15 Å². The van der Waals surface area contributed by atoms with Gasteiger partial charge in [-0.05, 0) is 30.5 Å². The lowest BCUT2D eigenvalue weighted by molar-refractivity contribution is -0.122. The number of hydrogen-bond acceptors (Lipinski definition) is 3. The van der Waals surface area contributed by atoms with E-state index in [1.807, 2.05) is 12.1 Å². The zero-order valence-electron chi connectivity index (χ0n) is 14.6. The average Bonchev–Trinajstić information content (AvgIpc) is 2.96. The summed E-state index contributed by atoms with van der Waals surface area (Å²) in [5.74, 6) is -0.826. The Morgan fingerprint density at radius 2 is 1.81 bits per heavy atom. The van der Waals surface area contributed by atoms with Gasteiger partial charge >= 0.3 is 0 Å². The van der Waals surface area contributed by atoms with Crippen LogP contribution in [-0.4, -0.2) is 21.4 Å². The molecule has 1 aromatic heterocycles. The summed E-state index contributed by atoms with van der Waals surface area (Å²) in [6, 6.07) is 7.39. The van der Waals surface area contributed by atoms with Gasteiger partial charge in [-0.2, -0.15) is 0 Å². The van der Waals surface area contributed by atoms with Gasteiger partial charge in [-0.25, -0.2) is 4.98 Å². The van der Waals surface area contributed by atoms with Crippen LogP contribution in [0.4, 0.5) is 0 Å². The molecule has 140 valence electrons. The maximum atomic E-state index is 12.1. The molecule has 0 atom stereocenters. The molecule has 0 radical (unpaired) electrons. The first-order valence-electron chi connectivity index (χ1n) is 8.55. The number of unbranched alkanes of at least 4 members (excludes halogenated alkanes) is 3. The molecule has 0 unspecified atom stereocenters. The van der Waals surface area contributed by atoms with Crippen molar-refractivity contribution in [1.29, 1.82) is 0 Å². The fraction of sp³-hybridized carbons (Fsp3) is 0.389. The van der Waals surface area contributed by atoms with E-state index in [4.69, 9.17) is 23.2 Å². The van der Waals surface area contributed by atoms with Crippen molar-refractivity contribution >= 4 is 35.0 Å². The molecule has 0 saturated carbocycles. The molecule has 0 spiro atoms. The van der Waals surface area contributed by atoms with Crippen molar-refractivity contribution in [2.45, 2.75) is 45.6 Å². The first-order valence-corrected chi connectivity index (χ1v) is 9.31. The second-order valence-electron chi connectivity index (χ2n) is 5.96. The quantitative estimate of drug-likeness (QED) is 0.526. The lowest BCUT2D eigenvalue weighted by atomic mass is 10.0. The van der Waals surface area contributed by atoms with Gasteiger partial charge in [-0.3, -0.25) is 20.4 Å². The third-order valence-corrected chi connectivity index (χ3v) is 4.67. The topological polar surface area (TPSA) is 76.0 Å². The number of rotatable bonds is 8. The monoisotopic (exact) mass is 396 g/mol. The van der Waals surface area contributed by atoms with Gasteiger partial charge in [0, 0.05) is 5.56 Å². The second-order valence-corrected chi connectivity index (χ2v) is 6.68. The van der Waals surface area contributed by atoms with Gasteiger partial charge < -0.3 is 4.57 Å². The number of benzene rings is 1. The summed E-state index contributed by atoms with van der Waals surface area (Å²) in [4.78, 5) is 27.7. The number of carbonyl (C=O) groups excluding carboxylic acids is 2. The van der Waals surface area contributed by atoms with E-state index in [0.29, 0.717) is 5.56 Å². The third kappa shape index (κ3) is 6.04. The third-order valence-electron chi connectivity index (χ3n) is 3.90. The summed E-state index contributed by atoms with van der Waals surface area (Å²) in [7, 11) is 0. The summed E-state index contributed by atoms with van der Waals surface area (Å²) in [5, 5.41) is 0.293. The Bertz CT molecular complexity index is 744. The zero-order valence-corrected chi connectivity index (χ0v) is 16.1. The molecule has 0 aliphatic heterocycles. The number of hydrogen-bond donors (Lipinski definition) is 2. The van der Waals surface area contributed by atoms with E-state index in [-0.39, 0.29) is 22.8 Å². The van der Waals surface area contributed by atoms with E-state index < -0.39 is 5.91 Å². The van der Waals surface area contributed by atoms with E-state index in [2.05, 4.69) is 22.8 Å². The van der Waals surface area contributed by atoms with Crippen molar-refractivity contribution in [3.05, 3.63) is 52.0 Å². The molecule has 6 nitrogen and oxygen atoms in total. The number of hydrazine groups is 1. The number of aromatic nitrogens is 2. The molecule has 8 heteroatoms. The molecule has 0 aliphatic carbocycles. The fourth-order valence-electron chi connectivity index (χ4n) is 2.42. The van der Waals surface area contributed by atoms with Crippen LogP contribution in [0.15, 0.2) is 30.6 Å². The van der Waals surface area contributed by atoms with E-state index >= 15 is 0 Å². The van der Waals surface area contributed by atoms with Gasteiger partial charge in [0.1, 0.15) is 11.7 Å². The highest BCUT2D eigenvalue weighted by molar-refractivity contribution is 6.40. The Balaban J connectivity index is 1.78. The highest BCUT2D eigenvalue weighted by atomic mass is 35.5. The Morgan fingerprint density at radius 1 is 1.08 bits per heavy atom. The fourth-order valence-corrected chi connectivity index (χ4v) is 2.73. The maximum absolute atomic E-state index is 12.1. The maximum Gasteiger partial charge on any atom is 0.269 e. The highest BCUT2D eigenvalue weighted by Crippen LogP contribution is 2.18. The predicted octanol–water partition coefficient (Wildman–Crippen LogP) is 3.77. The molecule has 2 N–H and O–H groups in total. The number of imidazole rings is 1. The molecular weight excluding hydrogens is 375 g/mol. The minimum atomic E-state index is -0.443. The lowest BCUT2D eigenvalue weighted by Gasteiger charge is -2.09. The van der Waals surface area contributed by atoms with Crippen LogP contribution in [0.1, 0.15) is 48.5 Å². The van der Waals surface area contributed by atoms with E-state index in [1.54, 1.807) is 12.1 Å². The van der Waals surface area contributed by atoms with Gasteiger partial charge in [0.25, 0.3) is 11.8 Å². The molecule has 0 bridgehead atoms. The van der Waals surface area contributed by atoms with E-state index in [0.717, 1.165) is 12.8 Å². The van der Waals surface area contributed by atoms with Crippen molar-refractivity contribution in [1.82, 2.24) is 20.4 Å². The van der Waals surface area contributed by atoms with E-state index in [9.17, 15) is 9.59 Å². The lowest BCUT2D eigenvalue weighted by Crippen LogP contribution is -2.43. The molecule has 1 heterocycles. The second kappa shape index (κ2) is 10.2. The number of aryl methyl sites for hydroxylation is 1. The SMILES string of the molecule is CCCCCCc1ccc(C(=O)NNC(=O)Cn2cnc(Cl)c2Cl)cc1. The van der Waals surface area contributed by atoms with Gasteiger partial charge in [-0.1, -0.05) is 61.5 Å². The number of amides is 2. The number of halogens is 2. The Morgan fingerprint density at radius 3 is 2.42 bits per heavy atom. The largest absolute Gasteiger partial charge is 0.311 e. The summed E-state index contributed by atoms with van der Waals surface area (Å²) in [5.41, 5.74) is 6.40. The van der Waals surface area contributed by atoms with Crippen LogP contribution >= 0.6 is 23.2 Å². The molecule has 26 heavy (non-hydrogen) atoms. The van der Waals surface area contributed by atoms with Gasteiger partial charge in [-0.15, -0.1) is 0 Å². The summed E-state index contributed by atoms with van der Waals surface area (Å²) in [6.45, 7) is 2.08. The first kappa shape index (κ1) is 20.3. The van der Waals surface area contributed by atoms with Crippen LogP contribution in [0.25, 0.3) is 0 Å². The summed E-state index contributed by atoms with van der Waals surface area (Å²) in [6.07, 6.45) is 7.19. The molecule has 2 aromatic rings. The van der Waals surface area contributed by atoms with Crippen LogP contribution < -0.4 is 10.9 Å². The van der Waals surface area contributed by atoms with Gasteiger partial charge in [0.05, 0.1) is 6.33 Å². The van der Waals surface area contributed by atoms with Crippen LogP contribution in [0, 0.1) is 0 Å². The molecule has 2 amide bonds. The van der Waals surface area contributed by atoms with Crippen molar-refractivity contribution in [2.24, 2.45) is 0 Å². The Kier molecular flexibility index (Phi) is 7.94. The summed E-state index contributed by atoms with van der Waals surface area (Å²) >= 11 is 11.6. The number of carbonyl (C=O) groups is 2. The smallest absolute Gasteiger partial charge is 0.269 e. The standard InChI is InChI=1S/C18H22Cl2N4O2/c1-2-3-4-5-6-13-7-9-14(10-8-13)18(26)23-22-15(25)11-24-12-21-16(19)17(24)20/h7-10,12H,2-6,11H2,1H3,(H,22,25)(H,23,26). The van der Waals surface area contributed by atoms with Crippen molar-refractivity contribution in [2.75, 3.05) is 0 Å². The Labute approximate surface area is 162 Å². The van der Waals surface area contributed by atoms with Crippen LogP contribution in [0.5, 0.6) is 0 Å². The minimum Gasteiger partial charge on any atom is -0.311 e. The molecule has 0 saturated heterocycles. The van der Waals surface area contributed by atoms with Crippen LogP contribution in [0.2, 0.25) is 10.3 Å².